The molecule has 4 N–H and O–H groups in total. The molecule has 0 saturated carbocycles. The van der Waals surface area contributed by atoms with Crippen molar-refractivity contribution in [3.63, 3.8) is 0 Å². The zero-order chi connectivity index (χ0) is 20.8. The molecule has 12 heteroatoms. The number of aliphatic hydroxyl groups excluding tert-OH is 4. The highest BCUT2D eigenvalue weighted by Crippen LogP contribution is 2.31. The molecular formula is C15H24O12. The van der Waals surface area contributed by atoms with Crippen molar-refractivity contribution >= 4 is 17.9 Å². The van der Waals surface area contributed by atoms with Gasteiger partial charge in [0.15, 0.2) is 11.9 Å². The summed E-state index contributed by atoms with van der Waals surface area (Å²) in [7, 11) is 3.05. The Balaban J connectivity index is 3.25. The fourth-order valence-corrected chi connectivity index (χ4v) is 2.52. The topological polar surface area (TPSA) is 178 Å². The third kappa shape index (κ3) is 5.34. The van der Waals surface area contributed by atoms with Crippen LogP contribution < -0.4 is 0 Å². The van der Waals surface area contributed by atoms with E-state index in [1.807, 2.05) is 0 Å². The van der Waals surface area contributed by atoms with E-state index in [0.29, 0.717) is 0 Å². The van der Waals surface area contributed by atoms with Crippen LogP contribution in [0.5, 0.6) is 0 Å². The third-order valence-electron chi connectivity index (χ3n) is 4.06. The molecule has 0 aromatic carbocycles. The summed E-state index contributed by atoms with van der Waals surface area (Å²) in [6.07, 6.45) is -10.1. The lowest BCUT2D eigenvalue weighted by Crippen LogP contribution is -2.62. The first-order valence-electron chi connectivity index (χ1n) is 7.86. The maximum atomic E-state index is 12.4. The van der Waals surface area contributed by atoms with E-state index in [4.69, 9.17) is 9.47 Å². The zero-order valence-corrected chi connectivity index (χ0v) is 15.1. The van der Waals surface area contributed by atoms with Gasteiger partial charge in [0.2, 0.25) is 0 Å². The minimum absolute atomic E-state index is 0.746. The maximum Gasteiger partial charge on any atom is 0.339 e. The molecule has 0 aromatic heterocycles. The predicted octanol–water partition coefficient (Wildman–Crippen LogP) is -3.16. The van der Waals surface area contributed by atoms with Crippen LogP contribution in [0.3, 0.4) is 0 Å². The van der Waals surface area contributed by atoms with Crippen LogP contribution in [0.25, 0.3) is 0 Å². The summed E-state index contributed by atoms with van der Waals surface area (Å²) in [4.78, 5) is 35.9. The van der Waals surface area contributed by atoms with Crippen molar-refractivity contribution in [1.29, 1.82) is 0 Å². The SMILES string of the molecule is COC(=O)CC(CC(=O)OC)(O[C@@H]1O[C@H](CO)[C@H](O)[C@H](O)[C@H]1O)C(=O)OC. The van der Waals surface area contributed by atoms with E-state index in [1.54, 1.807) is 0 Å². The van der Waals surface area contributed by atoms with Gasteiger partial charge in [0, 0.05) is 0 Å². The van der Waals surface area contributed by atoms with Gasteiger partial charge >= 0.3 is 17.9 Å². The minimum atomic E-state index is -2.32. The highest BCUT2D eigenvalue weighted by molar-refractivity contribution is 5.90. The van der Waals surface area contributed by atoms with Crippen molar-refractivity contribution < 1.29 is 58.5 Å². The molecule has 0 unspecified atom stereocenters. The second-order valence-corrected chi connectivity index (χ2v) is 5.81. The highest BCUT2D eigenvalue weighted by Gasteiger charge is 2.52. The van der Waals surface area contributed by atoms with Gasteiger partial charge in [-0.3, -0.25) is 9.59 Å². The number of methoxy groups -OCH3 is 3. The van der Waals surface area contributed by atoms with Crippen LogP contribution in [0.15, 0.2) is 0 Å². The molecule has 27 heavy (non-hydrogen) atoms. The van der Waals surface area contributed by atoms with Gasteiger partial charge in [0.1, 0.15) is 24.4 Å². The molecule has 1 aliphatic rings. The molecule has 1 fully saturated rings. The fourth-order valence-electron chi connectivity index (χ4n) is 2.52. The Kier molecular flexibility index (Phi) is 8.53. The van der Waals surface area contributed by atoms with E-state index >= 15 is 0 Å². The lowest BCUT2D eigenvalue weighted by Gasteiger charge is -2.42. The number of rotatable bonds is 8. The number of hydrogen-bond acceptors (Lipinski definition) is 12. The molecule has 156 valence electrons. The van der Waals surface area contributed by atoms with Gasteiger partial charge < -0.3 is 44.1 Å². The molecule has 1 saturated heterocycles. The van der Waals surface area contributed by atoms with Gasteiger partial charge in [-0.2, -0.15) is 0 Å². The average Bonchev–Trinajstić information content (AvgIpc) is 2.67. The standard InChI is InChI=1S/C15H24O12/c1-23-8(17)4-15(14(22)25-3,5-9(18)24-2)27-13-12(21)11(20)10(19)7(6-16)26-13/h7,10-13,16,19-21H,4-6H2,1-3H3/t7-,10+,11+,12-,13+/m1/s1. The van der Waals surface area contributed by atoms with Crippen molar-refractivity contribution in [3.05, 3.63) is 0 Å². The average molecular weight is 396 g/mol. The van der Waals surface area contributed by atoms with Crippen LogP contribution in [0.4, 0.5) is 0 Å². The number of carbonyl (C=O) groups excluding carboxylic acids is 3. The summed E-state index contributed by atoms with van der Waals surface area (Å²) in [5, 5.41) is 39.0. The van der Waals surface area contributed by atoms with Crippen molar-refractivity contribution in [1.82, 2.24) is 0 Å². The first-order chi connectivity index (χ1) is 12.6. The minimum Gasteiger partial charge on any atom is -0.469 e. The summed E-state index contributed by atoms with van der Waals surface area (Å²) in [6, 6.07) is 0. The van der Waals surface area contributed by atoms with Gasteiger partial charge in [-0.15, -0.1) is 0 Å². The molecule has 0 radical (unpaired) electrons. The molecule has 0 amide bonds. The molecule has 1 aliphatic heterocycles. The molecule has 1 heterocycles. The van der Waals surface area contributed by atoms with Crippen molar-refractivity contribution in [3.8, 4) is 0 Å². The fraction of sp³-hybridized carbons (Fsp3) is 0.800. The summed E-state index contributed by atoms with van der Waals surface area (Å²) in [6.45, 7) is -0.746. The zero-order valence-electron chi connectivity index (χ0n) is 15.1. The number of aliphatic hydroxyl groups is 4. The first kappa shape index (κ1) is 23.2. The maximum absolute atomic E-state index is 12.4. The second kappa shape index (κ2) is 9.92. The Morgan fingerprint density at radius 1 is 0.889 bits per heavy atom. The van der Waals surface area contributed by atoms with E-state index < -0.39 is 73.7 Å². The molecule has 0 aliphatic carbocycles. The third-order valence-corrected chi connectivity index (χ3v) is 4.06. The van der Waals surface area contributed by atoms with E-state index in [1.165, 1.54) is 0 Å². The van der Waals surface area contributed by atoms with Crippen molar-refractivity contribution in [2.75, 3.05) is 27.9 Å². The molecule has 0 bridgehead atoms. The number of hydrogen-bond donors (Lipinski definition) is 4. The van der Waals surface area contributed by atoms with Gasteiger partial charge in [-0.25, -0.2) is 4.79 Å². The normalized spacial score (nSPS) is 28.3. The predicted molar refractivity (Wildman–Crippen MR) is 82.9 cm³/mol. The van der Waals surface area contributed by atoms with E-state index in [0.717, 1.165) is 21.3 Å². The van der Waals surface area contributed by atoms with Crippen molar-refractivity contribution in [2.24, 2.45) is 0 Å². The Morgan fingerprint density at radius 3 is 1.81 bits per heavy atom. The van der Waals surface area contributed by atoms with Crippen LogP contribution >= 0.6 is 0 Å². The summed E-state index contributed by atoms with van der Waals surface area (Å²) in [5.41, 5.74) is -2.32. The summed E-state index contributed by atoms with van der Waals surface area (Å²) < 4.78 is 24.2. The Hall–Kier alpha value is -1.83. The highest BCUT2D eigenvalue weighted by atomic mass is 16.7. The van der Waals surface area contributed by atoms with Crippen LogP contribution in [0.2, 0.25) is 0 Å². The Bertz CT molecular complexity index is 515. The Labute approximate surface area is 154 Å². The summed E-state index contributed by atoms with van der Waals surface area (Å²) in [5.74, 6) is -3.07. The molecule has 0 spiro atoms. The van der Waals surface area contributed by atoms with Crippen LogP contribution in [0.1, 0.15) is 12.8 Å². The lowest BCUT2D eigenvalue weighted by atomic mass is 9.93. The molecule has 5 atom stereocenters. The number of esters is 3. The Morgan fingerprint density at radius 2 is 1.41 bits per heavy atom. The van der Waals surface area contributed by atoms with Crippen LogP contribution in [0, 0.1) is 0 Å². The van der Waals surface area contributed by atoms with E-state index in [2.05, 4.69) is 14.2 Å². The van der Waals surface area contributed by atoms with Gasteiger partial charge in [-0.1, -0.05) is 0 Å². The first-order valence-corrected chi connectivity index (χ1v) is 7.86. The van der Waals surface area contributed by atoms with E-state index in [9.17, 15) is 34.8 Å². The molecule has 0 aromatic rings. The molecule has 1 rings (SSSR count). The van der Waals surface area contributed by atoms with E-state index in [-0.39, 0.29) is 0 Å². The van der Waals surface area contributed by atoms with Crippen molar-refractivity contribution in [2.45, 2.75) is 49.1 Å². The largest absolute Gasteiger partial charge is 0.469 e. The van der Waals surface area contributed by atoms with Gasteiger partial charge in [0.05, 0.1) is 40.8 Å². The number of carbonyl (C=O) groups is 3. The monoisotopic (exact) mass is 396 g/mol. The summed E-state index contributed by atoms with van der Waals surface area (Å²) >= 11 is 0. The second-order valence-electron chi connectivity index (χ2n) is 5.81. The number of ether oxygens (including phenoxy) is 5. The molecular weight excluding hydrogens is 372 g/mol. The quantitative estimate of drug-likeness (QED) is 0.239. The van der Waals surface area contributed by atoms with Gasteiger partial charge in [0.25, 0.3) is 0 Å². The molecule has 12 nitrogen and oxygen atoms in total. The smallest absolute Gasteiger partial charge is 0.339 e. The van der Waals surface area contributed by atoms with Gasteiger partial charge in [-0.05, 0) is 0 Å². The van der Waals surface area contributed by atoms with Crippen LogP contribution in [-0.4, -0.2) is 103 Å². The lowest BCUT2D eigenvalue weighted by molar-refractivity contribution is -0.325. The van der Waals surface area contributed by atoms with Crippen LogP contribution in [-0.2, 0) is 38.1 Å².